The summed E-state index contributed by atoms with van der Waals surface area (Å²) >= 11 is 0. The standard InChI is InChI=1S/C15H21NO2/c1-5-18-14(17)12(10-16)7-9-13-8-6-11(2)15(13,3)4/h6-7,13H,5,8-9H2,1-4H3/b12-7-. The lowest BCUT2D eigenvalue weighted by atomic mass is 9.76. The first-order valence-corrected chi connectivity index (χ1v) is 6.38. The third-order valence-electron chi connectivity index (χ3n) is 3.97. The number of hydrogen-bond donors (Lipinski definition) is 0. The summed E-state index contributed by atoms with van der Waals surface area (Å²) in [6.07, 6.45) is 5.71. The van der Waals surface area contributed by atoms with E-state index in [0.717, 1.165) is 12.8 Å². The smallest absolute Gasteiger partial charge is 0.348 e. The summed E-state index contributed by atoms with van der Waals surface area (Å²) in [5.41, 5.74) is 1.65. The molecule has 0 aliphatic heterocycles. The molecule has 0 amide bonds. The van der Waals surface area contributed by atoms with Crippen LogP contribution in [0.5, 0.6) is 0 Å². The molecule has 1 atom stereocenters. The summed E-state index contributed by atoms with van der Waals surface area (Å²) < 4.78 is 4.84. The molecule has 0 spiro atoms. The molecule has 0 N–H and O–H groups in total. The van der Waals surface area contributed by atoms with Gasteiger partial charge in [-0.2, -0.15) is 5.26 Å². The normalized spacial score (nSPS) is 22.3. The van der Waals surface area contributed by atoms with Crippen molar-refractivity contribution in [1.82, 2.24) is 0 Å². The van der Waals surface area contributed by atoms with Gasteiger partial charge in [0.15, 0.2) is 0 Å². The van der Waals surface area contributed by atoms with E-state index in [-0.39, 0.29) is 11.0 Å². The van der Waals surface area contributed by atoms with Crippen LogP contribution in [-0.4, -0.2) is 12.6 Å². The molecule has 98 valence electrons. The zero-order chi connectivity index (χ0) is 13.8. The summed E-state index contributed by atoms with van der Waals surface area (Å²) in [7, 11) is 0. The van der Waals surface area contributed by atoms with Crippen LogP contribution in [0.3, 0.4) is 0 Å². The molecule has 3 heteroatoms. The van der Waals surface area contributed by atoms with Crippen molar-refractivity contribution in [1.29, 1.82) is 5.26 Å². The van der Waals surface area contributed by atoms with Crippen LogP contribution in [0.1, 0.15) is 40.5 Å². The summed E-state index contributed by atoms with van der Waals surface area (Å²) in [4.78, 5) is 11.5. The highest BCUT2D eigenvalue weighted by Crippen LogP contribution is 2.44. The average Bonchev–Trinajstić information content (AvgIpc) is 2.56. The predicted molar refractivity (Wildman–Crippen MR) is 70.6 cm³/mol. The number of nitrogens with zero attached hydrogens (tertiary/aromatic N) is 1. The molecular formula is C15H21NO2. The third-order valence-corrected chi connectivity index (χ3v) is 3.97. The zero-order valence-electron chi connectivity index (χ0n) is 11.6. The molecule has 1 unspecified atom stereocenters. The number of carbonyl (C=O) groups excluding carboxylic acids is 1. The molecule has 1 aliphatic carbocycles. The van der Waals surface area contributed by atoms with Gasteiger partial charge in [-0.3, -0.25) is 0 Å². The minimum absolute atomic E-state index is 0.122. The second-order valence-electron chi connectivity index (χ2n) is 5.23. The number of ether oxygens (including phenoxy) is 1. The highest BCUT2D eigenvalue weighted by atomic mass is 16.5. The molecule has 0 radical (unpaired) electrons. The molecule has 0 saturated heterocycles. The first-order valence-electron chi connectivity index (χ1n) is 6.38. The van der Waals surface area contributed by atoms with E-state index in [1.807, 2.05) is 6.07 Å². The third kappa shape index (κ3) is 3.01. The van der Waals surface area contributed by atoms with Crippen LogP contribution < -0.4 is 0 Å². The van der Waals surface area contributed by atoms with E-state index in [0.29, 0.717) is 12.5 Å². The van der Waals surface area contributed by atoms with Gasteiger partial charge in [-0.1, -0.05) is 31.6 Å². The van der Waals surface area contributed by atoms with E-state index in [4.69, 9.17) is 10.00 Å². The zero-order valence-corrected chi connectivity index (χ0v) is 11.6. The fourth-order valence-corrected chi connectivity index (χ4v) is 2.23. The summed E-state index contributed by atoms with van der Waals surface area (Å²) in [6.45, 7) is 8.59. The number of rotatable bonds is 4. The predicted octanol–water partition coefficient (Wildman–Crippen LogP) is 3.38. The van der Waals surface area contributed by atoms with Gasteiger partial charge >= 0.3 is 5.97 Å². The van der Waals surface area contributed by atoms with Crippen molar-refractivity contribution >= 4 is 5.97 Å². The maximum absolute atomic E-state index is 11.5. The second kappa shape index (κ2) is 5.86. The van der Waals surface area contributed by atoms with Gasteiger partial charge in [-0.05, 0) is 38.0 Å². The highest BCUT2D eigenvalue weighted by molar-refractivity contribution is 5.92. The van der Waals surface area contributed by atoms with Crippen LogP contribution in [0.25, 0.3) is 0 Å². The molecule has 0 aromatic rings. The first-order chi connectivity index (χ1) is 8.43. The van der Waals surface area contributed by atoms with Gasteiger partial charge in [0.2, 0.25) is 0 Å². The Balaban J connectivity index is 2.70. The lowest BCUT2D eigenvalue weighted by molar-refractivity contribution is -0.138. The van der Waals surface area contributed by atoms with Crippen LogP contribution in [0, 0.1) is 22.7 Å². The number of hydrogen-bond acceptors (Lipinski definition) is 3. The Morgan fingerprint density at radius 3 is 2.78 bits per heavy atom. The molecule has 0 fully saturated rings. The van der Waals surface area contributed by atoms with Crippen LogP contribution in [0.4, 0.5) is 0 Å². The SMILES string of the molecule is CCOC(=O)/C(C#N)=C\CC1CC=C(C)C1(C)C. The Labute approximate surface area is 109 Å². The Hall–Kier alpha value is -1.56. The fourth-order valence-electron chi connectivity index (χ4n) is 2.23. The average molecular weight is 247 g/mol. The van der Waals surface area contributed by atoms with Crippen molar-refractivity contribution in [3.05, 3.63) is 23.3 Å². The molecule has 3 nitrogen and oxygen atoms in total. The van der Waals surface area contributed by atoms with E-state index >= 15 is 0 Å². The number of allylic oxidation sites excluding steroid dienone is 3. The highest BCUT2D eigenvalue weighted by Gasteiger charge is 2.34. The van der Waals surface area contributed by atoms with Crippen molar-refractivity contribution in [3.8, 4) is 6.07 Å². The lowest BCUT2D eigenvalue weighted by Gasteiger charge is -2.28. The molecule has 18 heavy (non-hydrogen) atoms. The molecule has 0 bridgehead atoms. The monoisotopic (exact) mass is 247 g/mol. The van der Waals surface area contributed by atoms with Crippen molar-refractivity contribution in [2.45, 2.75) is 40.5 Å². The van der Waals surface area contributed by atoms with Gasteiger partial charge in [0.1, 0.15) is 11.6 Å². The summed E-state index contributed by atoms with van der Waals surface area (Å²) in [5, 5.41) is 8.95. The summed E-state index contributed by atoms with van der Waals surface area (Å²) in [5.74, 6) is -0.0595. The molecule has 0 saturated carbocycles. The quantitative estimate of drug-likeness (QED) is 0.331. The van der Waals surface area contributed by atoms with Crippen LogP contribution in [0.15, 0.2) is 23.3 Å². The molecule has 1 rings (SSSR count). The summed E-state index contributed by atoms with van der Waals surface area (Å²) in [6, 6.07) is 1.92. The van der Waals surface area contributed by atoms with E-state index < -0.39 is 5.97 Å². The van der Waals surface area contributed by atoms with Gasteiger partial charge < -0.3 is 4.74 Å². The number of carbonyl (C=O) groups is 1. The van der Waals surface area contributed by atoms with E-state index in [1.54, 1.807) is 13.0 Å². The van der Waals surface area contributed by atoms with Crippen LogP contribution >= 0.6 is 0 Å². The van der Waals surface area contributed by atoms with E-state index in [1.165, 1.54) is 5.57 Å². The van der Waals surface area contributed by atoms with Gasteiger partial charge in [0, 0.05) is 0 Å². The van der Waals surface area contributed by atoms with E-state index in [2.05, 4.69) is 26.8 Å². The Bertz CT molecular complexity index is 424. The first kappa shape index (κ1) is 14.5. The fraction of sp³-hybridized carbons (Fsp3) is 0.600. The van der Waals surface area contributed by atoms with Crippen LogP contribution in [-0.2, 0) is 9.53 Å². The van der Waals surface area contributed by atoms with Gasteiger partial charge in [-0.15, -0.1) is 0 Å². The largest absolute Gasteiger partial charge is 0.462 e. The van der Waals surface area contributed by atoms with E-state index in [9.17, 15) is 4.79 Å². The topological polar surface area (TPSA) is 50.1 Å². The minimum atomic E-state index is -0.513. The van der Waals surface area contributed by atoms with Crippen LogP contribution in [0.2, 0.25) is 0 Å². The Morgan fingerprint density at radius 1 is 1.67 bits per heavy atom. The lowest BCUT2D eigenvalue weighted by Crippen LogP contribution is -2.20. The molecule has 0 aromatic carbocycles. The van der Waals surface area contributed by atoms with Crippen molar-refractivity contribution in [3.63, 3.8) is 0 Å². The molecule has 0 heterocycles. The number of esters is 1. The van der Waals surface area contributed by atoms with Crippen molar-refractivity contribution < 1.29 is 9.53 Å². The van der Waals surface area contributed by atoms with Gasteiger partial charge in [0.05, 0.1) is 6.61 Å². The maximum atomic E-state index is 11.5. The van der Waals surface area contributed by atoms with Gasteiger partial charge in [-0.25, -0.2) is 4.79 Å². The van der Waals surface area contributed by atoms with Crippen molar-refractivity contribution in [2.75, 3.05) is 6.61 Å². The molecule has 0 aromatic heterocycles. The van der Waals surface area contributed by atoms with Gasteiger partial charge in [0.25, 0.3) is 0 Å². The maximum Gasteiger partial charge on any atom is 0.348 e. The molecule has 1 aliphatic rings. The number of nitriles is 1. The van der Waals surface area contributed by atoms with Crippen molar-refractivity contribution in [2.24, 2.45) is 11.3 Å². The Morgan fingerprint density at radius 2 is 2.33 bits per heavy atom. The minimum Gasteiger partial charge on any atom is -0.462 e. The molecular weight excluding hydrogens is 226 g/mol. The second-order valence-corrected chi connectivity index (χ2v) is 5.23. The Kier molecular flexibility index (Phi) is 4.72.